The minimum Gasteiger partial charge on any atom is -0.377 e. The lowest BCUT2D eigenvalue weighted by molar-refractivity contribution is -0.117. The van der Waals surface area contributed by atoms with Gasteiger partial charge in [0.05, 0.1) is 18.3 Å². The number of carbonyl (C=O) groups excluding carboxylic acids is 1. The number of hydrogen-bond donors (Lipinski definition) is 1. The largest absolute Gasteiger partial charge is 0.377 e. The van der Waals surface area contributed by atoms with Crippen molar-refractivity contribution in [3.63, 3.8) is 0 Å². The van der Waals surface area contributed by atoms with Gasteiger partial charge in [-0.3, -0.25) is 14.4 Å². The van der Waals surface area contributed by atoms with Crippen LogP contribution in [0.5, 0.6) is 0 Å². The normalized spacial score (nSPS) is 17.5. The Labute approximate surface area is 146 Å². The number of aryl methyl sites for hydroxylation is 2. The Morgan fingerprint density at radius 1 is 1.58 bits per heavy atom. The Kier molecular flexibility index (Phi) is 5.65. The summed E-state index contributed by atoms with van der Waals surface area (Å²) in [5, 5.41) is 9.27. The number of anilines is 1. The minimum atomic E-state index is -0.0208. The number of hydrogen-bond acceptors (Lipinski definition) is 5. The van der Waals surface area contributed by atoms with Crippen molar-refractivity contribution in [2.75, 3.05) is 25.0 Å². The molecular weight excluding hydrogens is 324 g/mol. The van der Waals surface area contributed by atoms with Gasteiger partial charge in [0.2, 0.25) is 5.91 Å². The van der Waals surface area contributed by atoms with Crippen LogP contribution in [-0.4, -0.2) is 46.4 Å². The van der Waals surface area contributed by atoms with E-state index in [-0.39, 0.29) is 12.0 Å². The topological polar surface area (TPSA) is 59.4 Å². The van der Waals surface area contributed by atoms with Crippen LogP contribution in [0.1, 0.15) is 23.4 Å². The number of amides is 1. The maximum absolute atomic E-state index is 12.5. The lowest BCUT2D eigenvalue weighted by atomic mass is 10.2. The zero-order valence-electron chi connectivity index (χ0n) is 14.2. The fraction of sp³-hybridized carbons (Fsp3) is 0.529. The molecule has 1 aliphatic heterocycles. The summed E-state index contributed by atoms with van der Waals surface area (Å²) in [6.45, 7) is 4.65. The summed E-state index contributed by atoms with van der Waals surface area (Å²) in [5.41, 5.74) is 0.891. The van der Waals surface area contributed by atoms with Gasteiger partial charge in [-0.1, -0.05) is 6.07 Å². The van der Waals surface area contributed by atoms with Crippen LogP contribution in [0.25, 0.3) is 0 Å². The average Bonchev–Trinajstić information content (AvgIpc) is 3.24. The molecule has 0 saturated carbocycles. The fourth-order valence-corrected chi connectivity index (χ4v) is 3.74. The second-order valence-electron chi connectivity index (χ2n) is 6.23. The van der Waals surface area contributed by atoms with Crippen molar-refractivity contribution in [2.24, 2.45) is 7.05 Å². The quantitative estimate of drug-likeness (QED) is 0.835. The summed E-state index contributed by atoms with van der Waals surface area (Å²) in [4.78, 5) is 15.9. The third-order valence-electron chi connectivity index (χ3n) is 4.08. The molecule has 24 heavy (non-hydrogen) atoms. The zero-order chi connectivity index (χ0) is 16.9. The predicted molar refractivity (Wildman–Crippen MR) is 95.1 cm³/mol. The molecule has 0 aliphatic carbocycles. The second-order valence-corrected chi connectivity index (χ2v) is 7.26. The summed E-state index contributed by atoms with van der Waals surface area (Å²) in [6, 6.07) is 6.03. The van der Waals surface area contributed by atoms with Crippen LogP contribution < -0.4 is 5.32 Å². The van der Waals surface area contributed by atoms with E-state index in [0.717, 1.165) is 44.0 Å². The molecule has 1 fully saturated rings. The maximum atomic E-state index is 12.5. The molecule has 3 heterocycles. The second kappa shape index (κ2) is 7.92. The van der Waals surface area contributed by atoms with Gasteiger partial charge in [-0.05, 0) is 31.2 Å². The molecule has 0 radical (unpaired) electrons. The van der Waals surface area contributed by atoms with Crippen molar-refractivity contribution in [3.05, 3.63) is 34.2 Å². The van der Waals surface area contributed by atoms with Crippen molar-refractivity contribution in [2.45, 2.75) is 32.4 Å². The first kappa shape index (κ1) is 17.1. The summed E-state index contributed by atoms with van der Waals surface area (Å²) < 4.78 is 7.43. The smallest absolute Gasteiger partial charge is 0.239 e. The van der Waals surface area contributed by atoms with Gasteiger partial charge < -0.3 is 10.1 Å². The van der Waals surface area contributed by atoms with Crippen LogP contribution >= 0.6 is 11.3 Å². The molecule has 1 saturated heterocycles. The third-order valence-corrected chi connectivity index (χ3v) is 4.94. The molecule has 0 spiro atoms. The van der Waals surface area contributed by atoms with Gasteiger partial charge in [0.15, 0.2) is 0 Å². The molecule has 6 nitrogen and oxygen atoms in total. The van der Waals surface area contributed by atoms with Crippen LogP contribution in [0, 0.1) is 6.92 Å². The molecule has 1 unspecified atom stereocenters. The van der Waals surface area contributed by atoms with Crippen LogP contribution in [0.4, 0.5) is 5.82 Å². The minimum absolute atomic E-state index is 0.0208. The third kappa shape index (κ3) is 4.66. The Morgan fingerprint density at radius 2 is 2.46 bits per heavy atom. The summed E-state index contributed by atoms with van der Waals surface area (Å²) in [7, 11) is 1.83. The van der Waals surface area contributed by atoms with Gasteiger partial charge >= 0.3 is 0 Å². The molecule has 0 aromatic carbocycles. The standard InChI is InChI=1S/C17H24N4O2S/c1-13-9-16(20(2)19-13)18-17(22)12-21(10-14-5-3-7-23-14)11-15-6-4-8-24-15/h4,6,8-9,14H,3,5,7,10-12H2,1-2H3,(H,18,22). The van der Waals surface area contributed by atoms with Crippen LogP contribution in [-0.2, 0) is 23.1 Å². The molecule has 2 aromatic rings. The first-order valence-electron chi connectivity index (χ1n) is 8.27. The van der Waals surface area contributed by atoms with Crippen LogP contribution in [0.3, 0.4) is 0 Å². The molecule has 0 bridgehead atoms. The number of thiophene rings is 1. The summed E-state index contributed by atoms with van der Waals surface area (Å²) >= 11 is 1.72. The van der Waals surface area contributed by atoms with E-state index in [1.54, 1.807) is 16.0 Å². The van der Waals surface area contributed by atoms with E-state index < -0.39 is 0 Å². The number of nitrogens with one attached hydrogen (secondary N) is 1. The molecule has 2 aromatic heterocycles. The highest BCUT2D eigenvalue weighted by Crippen LogP contribution is 2.17. The molecule has 1 N–H and O–H groups in total. The van der Waals surface area contributed by atoms with E-state index in [2.05, 4.69) is 26.8 Å². The van der Waals surface area contributed by atoms with E-state index in [4.69, 9.17) is 4.74 Å². The Balaban J connectivity index is 1.61. The van der Waals surface area contributed by atoms with E-state index >= 15 is 0 Å². The van der Waals surface area contributed by atoms with Crippen LogP contribution in [0.15, 0.2) is 23.6 Å². The molecule has 1 atom stereocenters. The molecule has 1 amide bonds. The summed E-state index contributed by atoms with van der Waals surface area (Å²) in [6.07, 6.45) is 2.42. The number of rotatable bonds is 7. The lowest BCUT2D eigenvalue weighted by Crippen LogP contribution is -2.38. The van der Waals surface area contributed by atoms with Crippen molar-refractivity contribution in [1.82, 2.24) is 14.7 Å². The van der Waals surface area contributed by atoms with Crippen molar-refractivity contribution < 1.29 is 9.53 Å². The van der Waals surface area contributed by atoms with Crippen molar-refractivity contribution in [1.29, 1.82) is 0 Å². The fourth-order valence-electron chi connectivity index (χ4n) is 3.00. The zero-order valence-corrected chi connectivity index (χ0v) is 15.0. The van der Waals surface area contributed by atoms with E-state index in [9.17, 15) is 4.79 Å². The first-order valence-corrected chi connectivity index (χ1v) is 9.15. The molecule has 3 rings (SSSR count). The Bertz CT molecular complexity index is 662. The maximum Gasteiger partial charge on any atom is 0.239 e. The number of aromatic nitrogens is 2. The highest BCUT2D eigenvalue weighted by molar-refractivity contribution is 7.09. The number of carbonyl (C=O) groups is 1. The number of ether oxygens (including phenoxy) is 1. The van der Waals surface area contributed by atoms with E-state index in [1.807, 2.05) is 26.1 Å². The summed E-state index contributed by atoms with van der Waals surface area (Å²) in [5.74, 6) is 0.707. The molecular formula is C17H24N4O2S. The number of nitrogens with zero attached hydrogens (tertiary/aromatic N) is 3. The lowest BCUT2D eigenvalue weighted by Gasteiger charge is -2.24. The molecule has 130 valence electrons. The highest BCUT2D eigenvalue weighted by atomic mass is 32.1. The Morgan fingerprint density at radius 3 is 3.08 bits per heavy atom. The molecule has 1 aliphatic rings. The van der Waals surface area contributed by atoms with Crippen molar-refractivity contribution >= 4 is 23.1 Å². The predicted octanol–water partition coefficient (Wildman–Crippen LogP) is 2.41. The highest BCUT2D eigenvalue weighted by Gasteiger charge is 2.21. The molecule has 7 heteroatoms. The first-order chi connectivity index (χ1) is 11.6. The van der Waals surface area contributed by atoms with Crippen molar-refractivity contribution in [3.8, 4) is 0 Å². The SMILES string of the molecule is Cc1cc(NC(=O)CN(Cc2cccs2)CC2CCCO2)n(C)n1. The van der Waals surface area contributed by atoms with Gasteiger partial charge in [0.1, 0.15) is 5.82 Å². The van der Waals surface area contributed by atoms with Gasteiger partial charge in [-0.25, -0.2) is 0 Å². The van der Waals surface area contributed by atoms with E-state index in [1.165, 1.54) is 4.88 Å². The van der Waals surface area contributed by atoms with Gasteiger partial charge in [0, 0.05) is 37.7 Å². The average molecular weight is 348 g/mol. The van der Waals surface area contributed by atoms with Crippen LogP contribution in [0.2, 0.25) is 0 Å². The van der Waals surface area contributed by atoms with Gasteiger partial charge in [-0.2, -0.15) is 5.10 Å². The monoisotopic (exact) mass is 348 g/mol. The van der Waals surface area contributed by atoms with Gasteiger partial charge in [0.25, 0.3) is 0 Å². The van der Waals surface area contributed by atoms with Gasteiger partial charge in [-0.15, -0.1) is 11.3 Å². The van der Waals surface area contributed by atoms with E-state index in [0.29, 0.717) is 6.54 Å². The Hall–Kier alpha value is -1.70.